The Morgan fingerprint density at radius 2 is 1.65 bits per heavy atom. The van der Waals surface area contributed by atoms with Crippen molar-refractivity contribution >= 4 is 5.69 Å². The first kappa shape index (κ1) is 13.2. The van der Waals surface area contributed by atoms with Crippen LogP contribution in [-0.2, 0) is 6.42 Å². The van der Waals surface area contributed by atoms with Gasteiger partial charge in [0.2, 0.25) is 0 Å². The highest BCUT2D eigenvalue weighted by Gasteiger charge is 2.13. The summed E-state index contributed by atoms with van der Waals surface area (Å²) in [6.07, 6.45) is 1.01. The van der Waals surface area contributed by atoms with E-state index in [1.807, 2.05) is 0 Å². The number of rotatable bonds is 3. The highest BCUT2D eigenvalue weighted by Crippen LogP contribution is 2.23. The number of para-hydroxylation sites is 1. The zero-order valence-corrected chi connectivity index (χ0v) is 12.1. The standard InChI is InChI=1S/C18H22N2/c1-15-6-8-16(9-7-15)14-17-4-2-3-5-18(17)20-12-10-19-11-13-20/h2-9,19H,10-14H2,1H3. The third-order valence-corrected chi connectivity index (χ3v) is 3.96. The van der Waals surface area contributed by atoms with Gasteiger partial charge in [-0.2, -0.15) is 0 Å². The number of benzene rings is 2. The van der Waals surface area contributed by atoms with E-state index >= 15 is 0 Å². The Bertz CT molecular complexity index is 554. The van der Waals surface area contributed by atoms with Crippen LogP contribution < -0.4 is 10.2 Å². The summed E-state index contributed by atoms with van der Waals surface area (Å²) in [7, 11) is 0. The van der Waals surface area contributed by atoms with E-state index in [0.717, 1.165) is 32.6 Å². The molecule has 2 heteroatoms. The van der Waals surface area contributed by atoms with Crippen LogP contribution in [0.25, 0.3) is 0 Å². The molecule has 0 aliphatic carbocycles. The fourth-order valence-electron chi connectivity index (χ4n) is 2.80. The SMILES string of the molecule is Cc1ccc(Cc2ccccc2N2CCNCC2)cc1. The summed E-state index contributed by atoms with van der Waals surface area (Å²) in [6, 6.07) is 17.7. The summed E-state index contributed by atoms with van der Waals surface area (Å²) in [5.74, 6) is 0. The minimum absolute atomic E-state index is 1.01. The van der Waals surface area contributed by atoms with Gasteiger partial charge in [0.25, 0.3) is 0 Å². The minimum atomic E-state index is 1.01. The molecule has 1 heterocycles. The fraction of sp³-hybridized carbons (Fsp3) is 0.333. The summed E-state index contributed by atoms with van der Waals surface area (Å²) >= 11 is 0. The predicted octanol–water partition coefficient (Wildman–Crippen LogP) is 3.00. The lowest BCUT2D eigenvalue weighted by Gasteiger charge is -2.31. The Hall–Kier alpha value is -1.80. The second kappa shape index (κ2) is 6.10. The Morgan fingerprint density at radius 1 is 0.950 bits per heavy atom. The van der Waals surface area contributed by atoms with E-state index in [4.69, 9.17) is 0 Å². The quantitative estimate of drug-likeness (QED) is 0.918. The van der Waals surface area contributed by atoms with Crippen LogP contribution in [0.1, 0.15) is 16.7 Å². The van der Waals surface area contributed by atoms with Crippen LogP contribution in [0.4, 0.5) is 5.69 Å². The van der Waals surface area contributed by atoms with Gasteiger partial charge in [0.05, 0.1) is 0 Å². The van der Waals surface area contributed by atoms with Gasteiger partial charge in [0, 0.05) is 31.9 Å². The molecule has 0 spiro atoms. The van der Waals surface area contributed by atoms with Crippen LogP contribution in [0.5, 0.6) is 0 Å². The Labute approximate surface area is 121 Å². The zero-order chi connectivity index (χ0) is 13.8. The van der Waals surface area contributed by atoms with Crippen LogP contribution in [0.3, 0.4) is 0 Å². The lowest BCUT2D eigenvalue weighted by atomic mass is 10.0. The first-order chi connectivity index (χ1) is 9.83. The lowest BCUT2D eigenvalue weighted by Crippen LogP contribution is -2.43. The molecule has 0 radical (unpaired) electrons. The van der Waals surface area contributed by atoms with Crippen molar-refractivity contribution in [2.75, 3.05) is 31.1 Å². The van der Waals surface area contributed by atoms with Gasteiger partial charge in [-0.15, -0.1) is 0 Å². The number of piperazine rings is 1. The van der Waals surface area contributed by atoms with Crippen molar-refractivity contribution in [3.63, 3.8) is 0 Å². The number of hydrogen-bond donors (Lipinski definition) is 1. The van der Waals surface area contributed by atoms with E-state index in [1.54, 1.807) is 0 Å². The van der Waals surface area contributed by atoms with Crippen molar-refractivity contribution in [2.24, 2.45) is 0 Å². The van der Waals surface area contributed by atoms with Gasteiger partial charge < -0.3 is 10.2 Å². The van der Waals surface area contributed by atoms with Crippen LogP contribution in [0.2, 0.25) is 0 Å². The number of aryl methyl sites for hydroxylation is 1. The summed E-state index contributed by atoms with van der Waals surface area (Å²) < 4.78 is 0. The maximum absolute atomic E-state index is 3.42. The van der Waals surface area contributed by atoms with Gasteiger partial charge in [-0.1, -0.05) is 48.0 Å². The molecular formula is C18H22N2. The molecule has 1 saturated heterocycles. The smallest absolute Gasteiger partial charge is 0.0403 e. The molecule has 104 valence electrons. The van der Waals surface area contributed by atoms with Gasteiger partial charge in [-0.25, -0.2) is 0 Å². The molecule has 1 aliphatic heterocycles. The number of hydrogen-bond acceptors (Lipinski definition) is 2. The molecule has 1 N–H and O–H groups in total. The fourth-order valence-corrected chi connectivity index (χ4v) is 2.80. The Morgan fingerprint density at radius 3 is 2.40 bits per heavy atom. The van der Waals surface area contributed by atoms with Gasteiger partial charge in [-0.05, 0) is 30.5 Å². The van der Waals surface area contributed by atoms with Crippen LogP contribution in [0, 0.1) is 6.92 Å². The molecule has 1 aliphatic rings. The number of anilines is 1. The molecule has 20 heavy (non-hydrogen) atoms. The van der Waals surface area contributed by atoms with Gasteiger partial charge >= 0.3 is 0 Å². The van der Waals surface area contributed by atoms with Crippen molar-refractivity contribution in [1.82, 2.24) is 5.32 Å². The maximum Gasteiger partial charge on any atom is 0.0403 e. The van der Waals surface area contributed by atoms with Gasteiger partial charge in [0.15, 0.2) is 0 Å². The van der Waals surface area contributed by atoms with Gasteiger partial charge in [-0.3, -0.25) is 0 Å². The summed E-state index contributed by atoms with van der Waals surface area (Å²) in [5, 5.41) is 3.42. The number of nitrogens with one attached hydrogen (secondary N) is 1. The van der Waals surface area contributed by atoms with E-state index in [0.29, 0.717) is 0 Å². The van der Waals surface area contributed by atoms with Crippen molar-refractivity contribution in [3.8, 4) is 0 Å². The molecule has 0 aromatic heterocycles. The van der Waals surface area contributed by atoms with Gasteiger partial charge in [0.1, 0.15) is 0 Å². The van der Waals surface area contributed by atoms with E-state index in [-0.39, 0.29) is 0 Å². The first-order valence-corrected chi connectivity index (χ1v) is 7.42. The molecule has 0 atom stereocenters. The topological polar surface area (TPSA) is 15.3 Å². The zero-order valence-electron chi connectivity index (χ0n) is 12.1. The van der Waals surface area contributed by atoms with Crippen molar-refractivity contribution in [3.05, 3.63) is 65.2 Å². The molecule has 0 saturated carbocycles. The Kier molecular flexibility index (Phi) is 4.03. The minimum Gasteiger partial charge on any atom is -0.369 e. The second-order valence-electron chi connectivity index (χ2n) is 5.53. The normalized spacial score (nSPS) is 15.3. The van der Waals surface area contributed by atoms with Crippen molar-refractivity contribution in [2.45, 2.75) is 13.3 Å². The third kappa shape index (κ3) is 3.02. The average molecular weight is 266 g/mol. The lowest BCUT2D eigenvalue weighted by molar-refractivity contribution is 0.588. The molecule has 2 aromatic rings. The van der Waals surface area contributed by atoms with Crippen LogP contribution in [0.15, 0.2) is 48.5 Å². The molecular weight excluding hydrogens is 244 g/mol. The maximum atomic E-state index is 3.42. The third-order valence-electron chi connectivity index (χ3n) is 3.96. The first-order valence-electron chi connectivity index (χ1n) is 7.42. The van der Waals surface area contributed by atoms with Crippen LogP contribution in [-0.4, -0.2) is 26.2 Å². The molecule has 0 bridgehead atoms. The second-order valence-corrected chi connectivity index (χ2v) is 5.53. The van der Waals surface area contributed by atoms with E-state index in [1.165, 1.54) is 22.4 Å². The number of nitrogens with zero attached hydrogens (tertiary/aromatic N) is 1. The molecule has 3 rings (SSSR count). The predicted molar refractivity (Wildman–Crippen MR) is 85.5 cm³/mol. The molecule has 0 unspecified atom stereocenters. The van der Waals surface area contributed by atoms with E-state index in [2.05, 4.69) is 65.7 Å². The molecule has 2 aromatic carbocycles. The van der Waals surface area contributed by atoms with Crippen LogP contribution >= 0.6 is 0 Å². The summed E-state index contributed by atoms with van der Waals surface area (Å²) in [4.78, 5) is 2.50. The summed E-state index contributed by atoms with van der Waals surface area (Å²) in [6.45, 7) is 6.51. The monoisotopic (exact) mass is 266 g/mol. The molecule has 1 fully saturated rings. The highest BCUT2D eigenvalue weighted by atomic mass is 15.2. The van der Waals surface area contributed by atoms with Crippen molar-refractivity contribution < 1.29 is 0 Å². The Balaban J connectivity index is 1.83. The molecule has 0 amide bonds. The molecule has 2 nitrogen and oxygen atoms in total. The summed E-state index contributed by atoms with van der Waals surface area (Å²) in [5.41, 5.74) is 5.54. The van der Waals surface area contributed by atoms with E-state index in [9.17, 15) is 0 Å². The van der Waals surface area contributed by atoms with Crippen molar-refractivity contribution in [1.29, 1.82) is 0 Å². The highest BCUT2D eigenvalue weighted by molar-refractivity contribution is 5.55. The largest absolute Gasteiger partial charge is 0.369 e. The van der Waals surface area contributed by atoms with E-state index < -0.39 is 0 Å². The average Bonchev–Trinajstić information content (AvgIpc) is 2.51.